The van der Waals surface area contributed by atoms with Gasteiger partial charge in [-0.05, 0) is 43.9 Å². The normalized spacial score (nSPS) is 10.8. The van der Waals surface area contributed by atoms with E-state index in [0.717, 1.165) is 23.8 Å². The number of carbonyl (C=O) groups excluding carboxylic acids is 1. The number of nitrogens with zero attached hydrogens (tertiary/aromatic N) is 2. The zero-order valence-corrected chi connectivity index (χ0v) is 18.7. The number of ether oxygens (including phenoxy) is 3. The van der Waals surface area contributed by atoms with Gasteiger partial charge >= 0.3 is 0 Å². The summed E-state index contributed by atoms with van der Waals surface area (Å²) in [4.78, 5) is 20.6. The molecule has 0 atom stereocenters. The van der Waals surface area contributed by atoms with E-state index in [0.29, 0.717) is 35.1 Å². The van der Waals surface area contributed by atoms with Crippen LogP contribution >= 0.6 is 0 Å². The first kappa shape index (κ1) is 22.3. The lowest BCUT2D eigenvalue weighted by molar-refractivity contribution is 0.101. The Labute approximate surface area is 192 Å². The van der Waals surface area contributed by atoms with Crippen molar-refractivity contribution < 1.29 is 23.4 Å². The molecule has 4 rings (SSSR count). The minimum Gasteiger partial charge on any atom is -0.486 e. The van der Waals surface area contributed by atoms with E-state index in [4.69, 9.17) is 18.6 Å². The van der Waals surface area contributed by atoms with Crippen LogP contribution in [0.4, 0.5) is 0 Å². The molecule has 33 heavy (non-hydrogen) atoms. The first-order chi connectivity index (χ1) is 16.1. The van der Waals surface area contributed by atoms with Crippen LogP contribution in [0.15, 0.2) is 65.7 Å². The average Bonchev–Trinajstić information content (AvgIpc) is 3.32. The van der Waals surface area contributed by atoms with Gasteiger partial charge in [-0.2, -0.15) is 0 Å². The van der Waals surface area contributed by atoms with Crippen LogP contribution in [0.2, 0.25) is 0 Å². The molecule has 0 saturated heterocycles. The maximum Gasteiger partial charge on any atom is 0.232 e. The fourth-order valence-corrected chi connectivity index (χ4v) is 3.74. The van der Waals surface area contributed by atoms with E-state index >= 15 is 0 Å². The van der Waals surface area contributed by atoms with E-state index in [9.17, 15) is 4.79 Å². The van der Waals surface area contributed by atoms with Crippen LogP contribution in [0.5, 0.6) is 17.4 Å². The fourth-order valence-electron chi connectivity index (χ4n) is 3.74. The lowest BCUT2D eigenvalue weighted by Crippen LogP contribution is -2.14. The molecule has 7 nitrogen and oxygen atoms in total. The van der Waals surface area contributed by atoms with Gasteiger partial charge in [-0.1, -0.05) is 30.3 Å². The Kier molecular flexibility index (Phi) is 7.19. The Morgan fingerprint density at radius 1 is 0.970 bits per heavy atom. The highest BCUT2D eigenvalue weighted by Crippen LogP contribution is 2.43. The van der Waals surface area contributed by atoms with Gasteiger partial charge in [0.25, 0.3) is 0 Å². The molecule has 170 valence electrons. The number of aromatic nitrogens is 2. The minimum absolute atomic E-state index is 0.102. The smallest absolute Gasteiger partial charge is 0.232 e. The molecule has 0 unspecified atom stereocenters. The summed E-state index contributed by atoms with van der Waals surface area (Å²) in [7, 11) is 0. The molecule has 0 aliphatic rings. The van der Waals surface area contributed by atoms with E-state index in [1.807, 2.05) is 31.2 Å². The molecule has 0 fully saturated rings. The number of fused-ring (bicyclic) bond motifs is 1. The second kappa shape index (κ2) is 10.6. The molecule has 4 aromatic rings. The van der Waals surface area contributed by atoms with E-state index in [1.165, 1.54) is 18.7 Å². The average molecular weight is 447 g/mol. The molecule has 0 amide bonds. The molecule has 2 aromatic heterocycles. The summed E-state index contributed by atoms with van der Waals surface area (Å²) in [5.74, 6) is 1.13. The van der Waals surface area contributed by atoms with Crippen LogP contribution in [-0.4, -0.2) is 35.6 Å². The van der Waals surface area contributed by atoms with E-state index in [2.05, 4.69) is 22.1 Å². The van der Waals surface area contributed by atoms with Crippen molar-refractivity contribution in [3.63, 3.8) is 0 Å². The molecule has 0 aliphatic carbocycles. The maximum atomic E-state index is 12.6. The van der Waals surface area contributed by atoms with Crippen LogP contribution in [0.1, 0.15) is 34.8 Å². The second-order valence-electron chi connectivity index (χ2n) is 7.56. The number of benzene rings is 2. The fraction of sp³-hybridized carbons (Fsp3) is 0.269. The summed E-state index contributed by atoms with van der Waals surface area (Å²) in [5, 5.41) is 0.835. The number of Topliss-reactive ketones (excluding diaryl/α,β-unsaturated/α-hetero) is 1. The second-order valence-corrected chi connectivity index (χ2v) is 7.56. The number of hydrogen-bond donors (Lipinski definition) is 0. The van der Waals surface area contributed by atoms with Crippen LogP contribution in [0.3, 0.4) is 0 Å². The Hall–Kier alpha value is -3.87. The third-order valence-electron chi connectivity index (χ3n) is 5.25. The molecule has 0 aliphatic heterocycles. The van der Waals surface area contributed by atoms with E-state index < -0.39 is 0 Å². The Morgan fingerprint density at radius 3 is 2.52 bits per heavy atom. The third kappa shape index (κ3) is 5.31. The molecule has 7 heteroatoms. The topological polar surface area (TPSA) is 83.7 Å². The van der Waals surface area contributed by atoms with Gasteiger partial charge in [-0.3, -0.25) is 9.78 Å². The molecule has 2 aromatic carbocycles. The van der Waals surface area contributed by atoms with E-state index in [1.54, 1.807) is 18.7 Å². The number of aryl methyl sites for hydroxylation is 2. The highest BCUT2D eigenvalue weighted by atomic mass is 16.5. The van der Waals surface area contributed by atoms with Gasteiger partial charge in [0, 0.05) is 17.8 Å². The van der Waals surface area contributed by atoms with Gasteiger partial charge in [0.2, 0.25) is 11.6 Å². The van der Waals surface area contributed by atoms with Gasteiger partial charge < -0.3 is 18.6 Å². The van der Waals surface area contributed by atoms with Crippen molar-refractivity contribution in [2.75, 3.05) is 19.8 Å². The Morgan fingerprint density at radius 2 is 1.76 bits per heavy atom. The molecule has 0 radical (unpaired) electrons. The molecule has 0 bridgehead atoms. The molecular weight excluding hydrogens is 420 g/mol. The number of rotatable bonds is 11. The van der Waals surface area contributed by atoms with Gasteiger partial charge in [-0.15, -0.1) is 0 Å². The summed E-state index contributed by atoms with van der Waals surface area (Å²) in [6, 6.07) is 12.1. The highest BCUT2D eigenvalue weighted by molar-refractivity contribution is 6.05. The van der Waals surface area contributed by atoms with Gasteiger partial charge in [0.15, 0.2) is 17.1 Å². The lowest BCUT2D eigenvalue weighted by atomic mass is 9.99. The zero-order chi connectivity index (χ0) is 23.0. The summed E-state index contributed by atoms with van der Waals surface area (Å²) < 4.78 is 23.5. The minimum atomic E-state index is -0.102. The first-order valence-electron chi connectivity index (χ1n) is 10.9. The monoisotopic (exact) mass is 446 g/mol. The number of furan rings is 1. The summed E-state index contributed by atoms with van der Waals surface area (Å²) in [6.07, 6.45) is 7.95. The lowest BCUT2D eigenvalue weighted by Gasteiger charge is -2.18. The van der Waals surface area contributed by atoms with Crippen molar-refractivity contribution in [1.29, 1.82) is 0 Å². The van der Waals surface area contributed by atoms with Crippen molar-refractivity contribution in [1.82, 2.24) is 9.97 Å². The standard InChI is InChI=1S/C26H26N2O5/c1-18-21-10-14-32-24(21)26(31-13-6-9-20-7-4-3-5-8-20)25(23(18)19(2)29)33-16-15-30-22-17-27-11-12-28-22/h3-5,7-8,10-12,14,17H,6,9,13,15-16H2,1-2H3. The molecule has 0 spiro atoms. The first-order valence-corrected chi connectivity index (χ1v) is 10.9. The van der Waals surface area contributed by atoms with Gasteiger partial charge in [0.05, 0.1) is 24.6 Å². The van der Waals surface area contributed by atoms with Crippen molar-refractivity contribution in [2.45, 2.75) is 26.7 Å². The van der Waals surface area contributed by atoms with Crippen molar-refractivity contribution in [3.05, 3.63) is 77.9 Å². The molecule has 0 saturated carbocycles. The SMILES string of the molecule is CC(=O)c1c(OCCOc2cnccn2)c(OCCCc2ccccc2)c2occc2c1C. The zero-order valence-electron chi connectivity index (χ0n) is 18.7. The summed E-state index contributed by atoms with van der Waals surface area (Å²) in [5.41, 5.74) is 3.10. The largest absolute Gasteiger partial charge is 0.486 e. The molecule has 0 N–H and O–H groups in total. The number of carbonyl (C=O) groups is 1. The van der Waals surface area contributed by atoms with Crippen LogP contribution in [0.25, 0.3) is 11.0 Å². The van der Waals surface area contributed by atoms with Crippen molar-refractivity contribution in [2.24, 2.45) is 0 Å². The van der Waals surface area contributed by atoms with Gasteiger partial charge in [0.1, 0.15) is 13.2 Å². The quantitative estimate of drug-likeness (QED) is 0.231. The van der Waals surface area contributed by atoms with Crippen LogP contribution < -0.4 is 14.2 Å². The molecular formula is C26H26N2O5. The predicted molar refractivity (Wildman–Crippen MR) is 124 cm³/mol. The third-order valence-corrected chi connectivity index (χ3v) is 5.25. The van der Waals surface area contributed by atoms with Crippen molar-refractivity contribution in [3.8, 4) is 17.4 Å². The predicted octanol–water partition coefficient (Wildman–Crippen LogP) is 5.20. The number of ketones is 1. The van der Waals surface area contributed by atoms with E-state index in [-0.39, 0.29) is 19.0 Å². The highest BCUT2D eigenvalue weighted by Gasteiger charge is 2.24. The van der Waals surface area contributed by atoms with Crippen molar-refractivity contribution >= 4 is 16.8 Å². The van der Waals surface area contributed by atoms with Crippen LogP contribution in [0, 0.1) is 6.92 Å². The van der Waals surface area contributed by atoms with Crippen LogP contribution in [-0.2, 0) is 6.42 Å². The Bertz CT molecular complexity index is 1210. The summed E-state index contributed by atoms with van der Waals surface area (Å²) in [6.45, 7) is 4.30. The maximum absolute atomic E-state index is 12.6. The summed E-state index contributed by atoms with van der Waals surface area (Å²) >= 11 is 0. The number of hydrogen-bond acceptors (Lipinski definition) is 7. The van der Waals surface area contributed by atoms with Gasteiger partial charge in [-0.25, -0.2) is 4.98 Å². The Balaban J connectivity index is 1.53. The molecule has 2 heterocycles.